The summed E-state index contributed by atoms with van der Waals surface area (Å²) >= 11 is 0. The van der Waals surface area contributed by atoms with Gasteiger partial charge in [-0.05, 0) is 31.4 Å². The fourth-order valence-corrected chi connectivity index (χ4v) is 3.93. The van der Waals surface area contributed by atoms with Crippen molar-refractivity contribution in [3.63, 3.8) is 0 Å². The number of carbonyl (C=O) groups is 1. The molecular weight excluding hydrogens is 359 g/mol. The number of hydrogen-bond acceptors (Lipinski definition) is 5. The average Bonchev–Trinajstić information content (AvgIpc) is 3.40. The van der Waals surface area contributed by atoms with E-state index in [0.29, 0.717) is 23.7 Å². The average molecular weight is 380 g/mol. The molecule has 4 rings (SSSR count). The lowest BCUT2D eigenvalue weighted by molar-refractivity contribution is -0.128. The van der Waals surface area contributed by atoms with Crippen LogP contribution in [0.2, 0.25) is 0 Å². The van der Waals surface area contributed by atoms with E-state index >= 15 is 0 Å². The summed E-state index contributed by atoms with van der Waals surface area (Å²) < 4.78 is 21.9. The number of halogens is 1. The Bertz CT molecular complexity index is 1030. The number of aromatic nitrogens is 3. The first-order chi connectivity index (χ1) is 13.3. The molecule has 1 atom stereocenters. The van der Waals surface area contributed by atoms with Gasteiger partial charge in [0.2, 0.25) is 0 Å². The van der Waals surface area contributed by atoms with Crippen LogP contribution in [0.4, 0.5) is 4.39 Å². The number of hydrogen-bond donors (Lipinski definition) is 0. The summed E-state index contributed by atoms with van der Waals surface area (Å²) in [7, 11) is 1.51. The first kappa shape index (κ1) is 18.5. The zero-order chi connectivity index (χ0) is 20.1. The number of carbonyl (C=O) groups excluding carboxylic acids is 1. The Morgan fingerprint density at radius 2 is 2.11 bits per heavy atom. The van der Waals surface area contributed by atoms with Crippen LogP contribution >= 0.6 is 0 Å². The maximum atomic E-state index is 14.1. The van der Waals surface area contributed by atoms with Crippen molar-refractivity contribution in [3.05, 3.63) is 47.8 Å². The topological polar surface area (TPSA) is 80.8 Å². The predicted octanol–water partition coefficient (Wildman–Crippen LogP) is 3.71. The number of Topliss-reactive ketones (excluding diaryl/α,β-unsaturated/α-hetero) is 1. The van der Waals surface area contributed by atoms with Crippen LogP contribution in [0.15, 0.2) is 36.3 Å². The number of pyridine rings is 1. The van der Waals surface area contributed by atoms with Gasteiger partial charge in [0.1, 0.15) is 17.5 Å². The molecule has 1 fully saturated rings. The third-order valence-corrected chi connectivity index (χ3v) is 5.51. The number of nitriles is 1. The van der Waals surface area contributed by atoms with Gasteiger partial charge < -0.3 is 4.74 Å². The van der Waals surface area contributed by atoms with Crippen molar-refractivity contribution in [1.29, 1.82) is 5.26 Å². The number of ketones is 1. The molecular formula is C21H21FN4O2. The smallest absolute Gasteiger partial charge is 0.178 e. The van der Waals surface area contributed by atoms with E-state index in [1.807, 2.05) is 16.9 Å². The summed E-state index contributed by atoms with van der Waals surface area (Å²) in [6, 6.07) is 3.78. The predicted molar refractivity (Wildman–Crippen MR) is 99.5 cm³/mol. The fraction of sp³-hybridized carbons (Fsp3) is 0.429. The van der Waals surface area contributed by atoms with Crippen molar-refractivity contribution >= 4 is 5.78 Å². The van der Waals surface area contributed by atoms with Crippen LogP contribution in [0.25, 0.3) is 11.1 Å². The van der Waals surface area contributed by atoms with Gasteiger partial charge in [-0.2, -0.15) is 10.4 Å². The second-order valence-electron chi connectivity index (χ2n) is 8.14. The van der Waals surface area contributed by atoms with Gasteiger partial charge in [0.25, 0.3) is 0 Å². The van der Waals surface area contributed by atoms with Gasteiger partial charge in [-0.25, -0.2) is 4.39 Å². The Morgan fingerprint density at radius 1 is 1.36 bits per heavy atom. The van der Waals surface area contributed by atoms with Gasteiger partial charge in [0, 0.05) is 29.8 Å². The second kappa shape index (κ2) is 6.35. The first-order valence-corrected chi connectivity index (χ1v) is 9.23. The number of methoxy groups -OCH3 is 1. The van der Waals surface area contributed by atoms with Crippen LogP contribution in [0.1, 0.15) is 44.8 Å². The van der Waals surface area contributed by atoms with Crippen molar-refractivity contribution in [3.8, 4) is 17.2 Å². The van der Waals surface area contributed by atoms with E-state index in [1.165, 1.54) is 19.3 Å². The molecule has 1 unspecified atom stereocenters. The standard InChI is InChI=1S/C21H21FN4O2/c1-20(2)12-21(28-3,7-13(8-23)19(20)27)18-17(6-15(22)10-24-18)14-9-25-26(11-14)16-4-5-16/h6-7,9-11,16H,4-5,12H2,1-3H3. The molecule has 0 N–H and O–H groups in total. The number of allylic oxidation sites excluding steroid dienone is 1. The van der Waals surface area contributed by atoms with E-state index in [0.717, 1.165) is 24.6 Å². The number of ether oxygens (including phenoxy) is 1. The molecule has 6 nitrogen and oxygen atoms in total. The molecule has 2 aliphatic carbocycles. The van der Waals surface area contributed by atoms with Crippen molar-refractivity contribution in [2.75, 3.05) is 7.11 Å². The van der Waals surface area contributed by atoms with Gasteiger partial charge >= 0.3 is 0 Å². The fourth-order valence-electron chi connectivity index (χ4n) is 3.93. The summed E-state index contributed by atoms with van der Waals surface area (Å²) in [6.45, 7) is 3.56. The third kappa shape index (κ3) is 2.94. The molecule has 0 saturated heterocycles. The van der Waals surface area contributed by atoms with Gasteiger partial charge in [0.05, 0.1) is 29.7 Å². The summed E-state index contributed by atoms with van der Waals surface area (Å²) in [5, 5.41) is 13.9. The Labute approximate surface area is 162 Å². The summed E-state index contributed by atoms with van der Waals surface area (Å²) in [4.78, 5) is 16.9. The van der Waals surface area contributed by atoms with Crippen molar-refractivity contribution < 1.29 is 13.9 Å². The lowest BCUT2D eigenvalue weighted by Gasteiger charge is -2.40. The second-order valence-corrected chi connectivity index (χ2v) is 8.14. The quantitative estimate of drug-likeness (QED) is 0.808. The Hall–Kier alpha value is -2.85. The summed E-state index contributed by atoms with van der Waals surface area (Å²) in [6.07, 6.45) is 8.70. The van der Waals surface area contributed by atoms with E-state index in [4.69, 9.17) is 4.74 Å². The van der Waals surface area contributed by atoms with Gasteiger partial charge in [0.15, 0.2) is 5.78 Å². The minimum Gasteiger partial charge on any atom is -0.368 e. The lowest BCUT2D eigenvalue weighted by atomic mass is 9.68. The van der Waals surface area contributed by atoms with Crippen LogP contribution in [0, 0.1) is 22.6 Å². The zero-order valence-corrected chi connectivity index (χ0v) is 16.1. The molecule has 0 aliphatic heterocycles. The molecule has 2 aromatic heterocycles. The van der Waals surface area contributed by atoms with Gasteiger partial charge in [-0.1, -0.05) is 13.8 Å². The molecule has 28 heavy (non-hydrogen) atoms. The van der Waals surface area contributed by atoms with Crippen molar-refractivity contribution in [2.24, 2.45) is 5.41 Å². The van der Waals surface area contributed by atoms with Crippen LogP contribution < -0.4 is 0 Å². The Morgan fingerprint density at radius 3 is 2.75 bits per heavy atom. The number of rotatable bonds is 4. The van der Waals surface area contributed by atoms with Crippen LogP contribution in [0.3, 0.4) is 0 Å². The van der Waals surface area contributed by atoms with Crippen LogP contribution in [0.5, 0.6) is 0 Å². The molecule has 2 aromatic rings. The zero-order valence-electron chi connectivity index (χ0n) is 16.1. The normalized spacial score (nSPS) is 24.0. The highest BCUT2D eigenvalue weighted by Gasteiger charge is 2.48. The van der Waals surface area contributed by atoms with Crippen molar-refractivity contribution in [1.82, 2.24) is 14.8 Å². The molecule has 1 saturated carbocycles. The van der Waals surface area contributed by atoms with E-state index in [9.17, 15) is 14.4 Å². The Kier molecular flexibility index (Phi) is 4.20. The SMILES string of the molecule is COC1(c2ncc(F)cc2-c2cnn(C3CC3)c2)C=C(C#N)C(=O)C(C)(C)C1. The first-order valence-electron chi connectivity index (χ1n) is 9.23. The third-order valence-electron chi connectivity index (χ3n) is 5.51. The van der Waals surface area contributed by atoms with Crippen molar-refractivity contribution in [2.45, 2.75) is 44.8 Å². The highest BCUT2D eigenvalue weighted by molar-refractivity contribution is 6.04. The molecule has 0 radical (unpaired) electrons. The minimum atomic E-state index is -1.12. The molecule has 0 aromatic carbocycles. The van der Waals surface area contributed by atoms with E-state index in [1.54, 1.807) is 20.0 Å². The van der Waals surface area contributed by atoms with Gasteiger partial charge in [-0.15, -0.1) is 0 Å². The monoisotopic (exact) mass is 380 g/mol. The molecule has 2 heterocycles. The lowest BCUT2D eigenvalue weighted by Crippen LogP contribution is -2.42. The van der Waals surface area contributed by atoms with Crippen LogP contribution in [-0.4, -0.2) is 27.7 Å². The maximum absolute atomic E-state index is 14.1. The Balaban J connectivity index is 1.90. The van der Waals surface area contributed by atoms with E-state index < -0.39 is 16.8 Å². The highest BCUT2D eigenvalue weighted by atomic mass is 19.1. The molecule has 2 aliphatic rings. The summed E-state index contributed by atoms with van der Waals surface area (Å²) in [5.74, 6) is -0.701. The van der Waals surface area contributed by atoms with E-state index in [2.05, 4.69) is 10.1 Å². The molecule has 0 amide bonds. The van der Waals surface area contributed by atoms with Gasteiger partial charge in [-0.3, -0.25) is 14.5 Å². The minimum absolute atomic E-state index is 0.0313. The molecule has 0 spiro atoms. The highest BCUT2D eigenvalue weighted by Crippen LogP contribution is 2.47. The molecule has 144 valence electrons. The summed E-state index contributed by atoms with van der Waals surface area (Å²) in [5.41, 5.74) is -0.155. The van der Waals surface area contributed by atoms with Crippen LogP contribution in [-0.2, 0) is 15.1 Å². The molecule has 7 heteroatoms. The maximum Gasteiger partial charge on any atom is 0.178 e. The van der Waals surface area contributed by atoms with E-state index in [-0.39, 0.29) is 11.4 Å². The molecule has 0 bridgehead atoms. The number of nitrogens with zero attached hydrogens (tertiary/aromatic N) is 4. The largest absolute Gasteiger partial charge is 0.368 e.